The van der Waals surface area contributed by atoms with Gasteiger partial charge in [0.15, 0.2) is 0 Å². The molecule has 0 amide bonds. The molecule has 0 saturated carbocycles. The first-order valence-corrected chi connectivity index (χ1v) is 8.05. The van der Waals surface area contributed by atoms with Gasteiger partial charge in [0, 0.05) is 30.2 Å². The van der Waals surface area contributed by atoms with Crippen molar-refractivity contribution in [2.45, 2.75) is 44.9 Å². The summed E-state index contributed by atoms with van der Waals surface area (Å²) in [5.41, 5.74) is 2.70. The Labute approximate surface area is 120 Å². The number of nitrogens with zero attached hydrogens (tertiary/aromatic N) is 3. The van der Waals surface area contributed by atoms with E-state index in [1.54, 1.807) is 6.33 Å². The van der Waals surface area contributed by atoms with Crippen molar-refractivity contribution >= 4 is 17.4 Å². The molecule has 2 aliphatic rings. The lowest BCUT2D eigenvalue weighted by atomic mass is 9.93. The maximum absolute atomic E-state index is 5.90. The van der Waals surface area contributed by atoms with Crippen LogP contribution < -0.4 is 4.90 Å². The molecule has 0 aromatic carbocycles. The molecule has 4 heteroatoms. The lowest BCUT2D eigenvalue weighted by molar-refractivity contribution is 0.403. The van der Waals surface area contributed by atoms with E-state index in [0.29, 0.717) is 0 Å². The summed E-state index contributed by atoms with van der Waals surface area (Å²) in [7, 11) is 0. The van der Waals surface area contributed by atoms with E-state index in [1.165, 1.54) is 42.8 Å². The van der Waals surface area contributed by atoms with E-state index in [2.05, 4.69) is 14.9 Å². The number of piperidine rings is 1. The van der Waals surface area contributed by atoms with Crippen molar-refractivity contribution in [1.82, 2.24) is 9.97 Å². The molecule has 1 aliphatic heterocycles. The summed E-state index contributed by atoms with van der Waals surface area (Å²) in [4.78, 5) is 11.5. The Morgan fingerprint density at radius 2 is 2.11 bits per heavy atom. The lowest BCUT2D eigenvalue weighted by Gasteiger charge is -2.35. The fourth-order valence-electron chi connectivity index (χ4n) is 3.42. The third-order valence-corrected chi connectivity index (χ3v) is 4.66. The third-order valence-electron chi connectivity index (χ3n) is 4.44. The molecule has 104 valence electrons. The number of hydrogen-bond donors (Lipinski definition) is 0. The number of rotatable bonds is 3. The minimum absolute atomic E-state index is 0.737. The minimum atomic E-state index is 0.737. The highest BCUT2D eigenvalue weighted by atomic mass is 35.5. The van der Waals surface area contributed by atoms with Crippen molar-refractivity contribution in [1.29, 1.82) is 0 Å². The zero-order chi connectivity index (χ0) is 13.1. The van der Waals surface area contributed by atoms with Gasteiger partial charge in [0.2, 0.25) is 0 Å². The van der Waals surface area contributed by atoms with E-state index in [-0.39, 0.29) is 0 Å². The molecule has 0 radical (unpaired) electrons. The van der Waals surface area contributed by atoms with Crippen molar-refractivity contribution < 1.29 is 0 Å². The molecule has 0 spiro atoms. The average Bonchev–Trinajstić information content (AvgIpc) is 2.47. The molecular formula is C15H22ClN3. The highest BCUT2D eigenvalue weighted by Crippen LogP contribution is 2.30. The Bertz CT molecular complexity index is 433. The molecule has 2 heterocycles. The Morgan fingerprint density at radius 1 is 1.21 bits per heavy atom. The van der Waals surface area contributed by atoms with Gasteiger partial charge in [-0.3, -0.25) is 0 Å². The monoisotopic (exact) mass is 279 g/mol. The molecule has 0 bridgehead atoms. The number of alkyl halides is 1. The van der Waals surface area contributed by atoms with Crippen LogP contribution in [0.25, 0.3) is 0 Å². The van der Waals surface area contributed by atoms with Crippen molar-refractivity contribution in [2.75, 3.05) is 23.9 Å². The maximum atomic E-state index is 5.90. The van der Waals surface area contributed by atoms with E-state index in [0.717, 1.165) is 44.1 Å². The van der Waals surface area contributed by atoms with E-state index < -0.39 is 0 Å². The molecule has 0 N–H and O–H groups in total. The molecule has 1 unspecified atom stereocenters. The fourth-order valence-corrected chi connectivity index (χ4v) is 3.73. The van der Waals surface area contributed by atoms with Crippen LogP contribution in [0.15, 0.2) is 6.33 Å². The van der Waals surface area contributed by atoms with Crippen molar-refractivity contribution in [3.63, 3.8) is 0 Å². The molecular weight excluding hydrogens is 258 g/mol. The molecule has 1 aliphatic carbocycles. The van der Waals surface area contributed by atoms with Crippen LogP contribution in [-0.4, -0.2) is 28.9 Å². The third kappa shape index (κ3) is 2.86. The van der Waals surface area contributed by atoms with Gasteiger partial charge in [-0.1, -0.05) is 0 Å². The number of anilines is 1. The number of aryl methyl sites for hydroxylation is 1. The van der Waals surface area contributed by atoms with Crippen molar-refractivity contribution in [3.05, 3.63) is 17.6 Å². The number of aromatic nitrogens is 2. The van der Waals surface area contributed by atoms with Gasteiger partial charge in [-0.25, -0.2) is 9.97 Å². The Balaban J connectivity index is 1.81. The predicted molar refractivity (Wildman–Crippen MR) is 78.9 cm³/mol. The molecule has 3 nitrogen and oxygen atoms in total. The van der Waals surface area contributed by atoms with Gasteiger partial charge in [0.25, 0.3) is 0 Å². The summed E-state index contributed by atoms with van der Waals surface area (Å²) in [5.74, 6) is 2.73. The fraction of sp³-hybridized carbons (Fsp3) is 0.733. The van der Waals surface area contributed by atoms with Gasteiger partial charge in [0.05, 0.1) is 0 Å². The van der Waals surface area contributed by atoms with Crippen LogP contribution in [0.5, 0.6) is 0 Å². The van der Waals surface area contributed by atoms with Crippen LogP contribution in [0.3, 0.4) is 0 Å². The standard InChI is InChI=1S/C15H22ClN3/c16-8-7-12-4-3-9-19(10-12)15-13-5-1-2-6-14(13)17-11-18-15/h11-12H,1-10H2. The van der Waals surface area contributed by atoms with Crippen LogP contribution in [0, 0.1) is 5.92 Å². The SMILES string of the molecule is ClCCC1CCCN(c2ncnc3c2CCCC3)C1. The predicted octanol–water partition coefficient (Wildman–Crippen LogP) is 3.20. The average molecular weight is 280 g/mol. The first kappa shape index (κ1) is 13.2. The van der Waals surface area contributed by atoms with Crippen LogP contribution in [0.1, 0.15) is 43.4 Å². The second-order valence-corrected chi connectivity index (χ2v) is 6.14. The highest BCUT2D eigenvalue weighted by molar-refractivity contribution is 6.17. The summed E-state index contributed by atoms with van der Waals surface area (Å²) in [5, 5.41) is 0. The molecule has 1 saturated heterocycles. The smallest absolute Gasteiger partial charge is 0.135 e. The molecule has 1 aromatic heterocycles. The van der Waals surface area contributed by atoms with Gasteiger partial charge < -0.3 is 4.90 Å². The van der Waals surface area contributed by atoms with Crippen molar-refractivity contribution in [3.8, 4) is 0 Å². The number of fused-ring (bicyclic) bond motifs is 1. The van der Waals surface area contributed by atoms with Crippen molar-refractivity contribution in [2.24, 2.45) is 5.92 Å². The summed E-state index contributed by atoms with van der Waals surface area (Å²) in [6.45, 7) is 2.26. The molecule has 1 aromatic rings. The minimum Gasteiger partial charge on any atom is -0.356 e. The maximum Gasteiger partial charge on any atom is 0.135 e. The molecule has 19 heavy (non-hydrogen) atoms. The molecule has 3 rings (SSSR count). The van der Waals surface area contributed by atoms with Crippen LogP contribution in [0.4, 0.5) is 5.82 Å². The van der Waals surface area contributed by atoms with Gasteiger partial charge in [0.1, 0.15) is 12.1 Å². The summed E-state index contributed by atoms with van der Waals surface area (Å²) in [6, 6.07) is 0. The quantitative estimate of drug-likeness (QED) is 0.796. The Hall–Kier alpha value is -0.830. The zero-order valence-corrected chi connectivity index (χ0v) is 12.2. The van der Waals surface area contributed by atoms with E-state index in [1.807, 2.05) is 0 Å². The van der Waals surface area contributed by atoms with Crippen LogP contribution in [-0.2, 0) is 12.8 Å². The lowest BCUT2D eigenvalue weighted by Crippen LogP contribution is -2.37. The second kappa shape index (κ2) is 6.08. The van der Waals surface area contributed by atoms with E-state index in [4.69, 9.17) is 11.6 Å². The first-order chi connectivity index (χ1) is 9.38. The Morgan fingerprint density at radius 3 is 3.00 bits per heavy atom. The molecule has 1 fully saturated rings. The van der Waals surface area contributed by atoms with Crippen LogP contribution >= 0.6 is 11.6 Å². The first-order valence-electron chi connectivity index (χ1n) is 7.52. The van der Waals surface area contributed by atoms with Gasteiger partial charge in [-0.2, -0.15) is 0 Å². The van der Waals surface area contributed by atoms with E-state index in [9.17, 15) is 0 Å². The number of halogens is 1. The highest BCUT2D eigenvalue weighted by Gasteiger charge is 2.24. The summed E-state index contributed by atoms with van der Waals surface area (Å²) >= 11 is 5.90. The van der Waals surface area contributed by atoms with Gasteiger partial charge in [-0.15, -0.1) is 11.6 Å². The van der Waals surface area contributed by atoms with Gasteiger partial charge >= 0.3 is 0 Å². The topological polar surface area (TPSA) is 29.0 Å². The summed E-state index contributed by atoms with van der Waals surface area (Å²) < 4.78 is 0. The van der Waals surface area contributed by atoms with Crippen LogP contribution in [0.2, 0.25) is 0 Å². The summed E-state index contributed by atoms with van der Waals surface area (Å²) in [6.07, 6.45) is 10.3. The normalized spacial score (nSPS) is 23.2. The zero-order valence-electron chi connectivity index (χ0n) is 11.4. The second-order valence-electron chi connectivity index (χ2n) is 5.76. The van der Waals surface area contributed by atoms with E-state index >= 15 is 0 Å². The van der Waals surface area contributed by atoms with Gasteiger partial charge in [-0.05, 0) is 50.9 Å². The largest absolute Gasteiger partial charge is 0.356 e. The molecule has 1 atom stereocenters. The Kier molecular flexibility index (Phi) is 4.21. The number of hydrogen-bond acceptors (Lipinski definition) is 3.